The van der Waals surface area contributed by atoms with Gasteiger partial charge in [0.25, 0.3) is 0 Å². The molecule has 1 aromatic heterocycles. The van der Waals surface area contributed by atoms with E-state index in [-0.39, 0.29) is 18.0 Å². The third kappa shape index (κ3) is 3.18. The van der Waals surface area contributed by atoms with Crippen molar-refractivity contribution >= 4 is 10.0 Å². The van der Waals surface area contributed by atoms with Crippen LogP contribution in [0.3, 0.4) is 0 Å². The lowest BCUT2D eigenvalue weighted by atomic mass is 10.1. The Labute approximate surface area is 124 Å². The van der Waals surface area contributed by atoms with E-state index < -0.39 is 10.0 Å². The molecule has 0 aliphatic heterocycles. The highest BCUT2D eigenvalue weighted by molar-refractivity contribution is 7.89. The first-order valence-corrected chi connectivity index (χ1v) is 8.00. The summed E-state index contributed by atoms with van der Waals surface area (Å²) >= 11 is 0. The molecular formula is C15H19NO4S. The van der Waals surface area contributed by atoms with Crippen LogP contribution in [0.5, 0.6) is 0 Å². The number of hydrogen-bond acceptors (Lipinski definition) is 4. The molecule has 5 nitrogen and oxygen atoms in total. The van der Waals surface area contributed by atoms with Gasteiger partial charge in [0.05, 0.1) is 24.3 Å². The van der Waals surface area contributed by atoms with Gasteiger partial charge in [0.15, 0.2) is 0 Å². The van der Waals surface area contributed by atoms with Crippen LogP contribution in [0, 0.1) is 13.8 Å². The average Bonchev–Trinajstić information content (AvgIpc) is 2.91. The minimum atomic E-state index is -3.63. The van der Waals surface area contributed by atoms with Crippen molar-refractivity contribution in [2.24, 2.45) is 0 Å². The molecular weight excluding hydrogens is 290 g/mol. The molecule has 0 spiro atoms. The van der Waals surface area contributed by atoms with Crippen molar-refractivity contribution in [2.45, 2.75) is 31.9 Å². The summed E-state index contributed by atoms with van der Waals surface area (Å²) in [4.78, 5) is 0.214. The second-order valence-electron chi connectivity index (χ2n) is 5.04. The fourth-order valence-electron chi connectivity index (χ4n) is 2.20. The third-order valence-corrected chi connectivity index (χ3v) is 5.40. The summed E-state index contributed by atoms with van der Waals surface area (Å²) in [7, 11) is -2.12. The van der Waals surface area contributed by atoms with Crippen molar-refractivity contribution in [1.82, 2.24) is 4.31 Å². The highest BCUT2D eigenvalue weighted by Crippen LogP contribution is 2.24. The molecule has 1 N–H and O–H groups in total. The fraction of sp³-hybridized carbons (Fsp3) is 0.333. The molecule has 0 aliphatic rings. The Kier molecular flexibility index (Phi) is 4.51. The van der Waals surface area contributed by atoms with Gasteiger partial charge in [-0.15, -0.1) is 0 Å². The Morgan fingerprint density at radius 1 is 1.24 bits per heavy atom. The van der Waals surface area contributed by atoms with Crippen LogP contribution in [0.4, 0.5) is 0 Å². The van der Waals surface area contributed by atoms with Gasteiger partial charge in [-0.1, -0.05) is 6.07 Å². The first-order chi connectivity index (χ1) is 9.86. The van der Waals surface area contributed by atoms with Crippen LogP contribution in [0.2, 0.25) is 0 Å². The maximum atomic E-state index is 12.7. The van der Waals surface area contributed by atoms with Gasteiger partial charge in [-0.3, -0.25) is 0 Å². The lowest BCUT2D eigenvalue weighted by Crippen LogP contribution is -2.27. The van der Waals surface area contributed by atoms with Crippen LogP contribution in [0.1, 0.15) is 22.5 Å². The highest BCUT2D eigenvalue weighted by atomic mass is 32.2. The Balaban J connectivity index is 2.39. The molecule has 0 fully saturated rings. The van der Waals surface area contributed by atoms with Crippen LogP contribution in [-0.4, -0.2) is 24.9 Å². The SMILES string of the molecule is Cc1cc(C)c(S(=O)(=O)N(C)Cc2ccco2)cc1CO. The molecule has 2 aromatic rings. The summed E-state index contributed by atoms with van der Waals surface area (Å²) in [6.45, 7) is 3.58. The van der Waals surface area contributed by atoms with Crippen LogP contribution >= 0.6 is 0 Å². The number of aryl methyl sites for hydroxylation is 2. The molecule has 21 heavy (non-hydrogen) atoms. The van der Waals surface area contributed by atoms with Crippen LogP contribution in [0.25, 0.3) is 0 Å². The molecule has 0 bridgehead atoms. The third-order valence-electron chi connectivity index (χ3n) is 3.45. The number of furan rings is 1. The summed E-state index contributed by atoms with van der Waals surface area (Å²) in [6, 6.07) is 6.77. The Morgan fingerprint density at radius 2 is 1.95 bits per heavy atom. The standard InChI is InChI=1S/C15H19NO4S/c1-11-7-12(2)15(8-13(11)10-17)21(18,19)16(3)9-14-5-4-6-20-14/h4-8,17H,9-10H2,1-3H3. The summed E-state index contributed by atoms with van der Waals surface area (Å²) in [5.41, 5.74) is 2.16. The van der Waals surface area contributed by atoms with Crippen LogP contribution in [0.15, 0.2) is 39.8 Å². The first-order valence-electron chi connectivity index (χ1n) is 6.56. The van der Waals surface area contributed by atoms with Crippen molar-refractivity contribution in [3.63, 3.8) is 0 Å². The molecule has 0 saturated carbocycles. The van der Waals surface area contributed by atoms with Gasteiger partial charge in [0.1, 0.15) is 5.76 Å². The lowest BCUT2D eigenvalue weighted by Gasteiger charge is -2.19. The topological polar surface area (TPSA) is 70.8 Å². The van der Waals surface area contributed by atoms with E-state index in [0.29, 0.717) is 16.9 Å². The number of benzene rings is 1. The zero-order chi connectivity index (χ0) is 15.6. The molecule has 6 heteroatoms. The summed E-state index contributed by atoms with van der Waals surface area (Å²) in [5, 5.41) is 9.32. The number of sulfonamides is 1. The second-order valence-corrected chi connectivity index (χ2v) is 7.06. The molecule has 114 valence electrons. The molecule has 0 aliphatic carbocycles. The number of aliphatic hydroxyl groups excluding tert-OH is 1. The molecule has 1 aromatic carbocycles. The zero-order valence-corrected chi connectivity index (χ0v) is 13.1. The Morgan fingerprint density at radius 3 is 2.52 bits per heavy atom. The minimum Gasteiger partial charge on any atom is -0.468 e. The van der Waals surface area contributed by atoms with E-state index in [4.69, 9.17) is 4.42 Å². The monoisotopic (exact) mass is 309 g/mol. The fourth-order valence-corrected chi connectivity index (χ4v) is 3.59. The van der Waals surface area contributed by atoms with Gasteiger partial charge >= 0.3 is 0 Å². The quantitative estimate of drug-likeness (QED) is 0.919. The van der Waals surface area contributed by atoms with Gasteiger partial charge in [0, 0.05) is 7.05 Å². The van der Waals surface area contributed by atoms with E-state index in [0.717, 1.165) is 5.56 Å². The largest absolute Gasteiger partial charge is 0.468 e. The zero-order valence-electron chi connectivity index (χ0n) is 12.3. The second kappa shape index (κ2) is 6.01. The number of rotatable bonds is 5. The van der Waals surface area contributed by atoms with Gasteiger partial charge in [0.2, 0.25) is 10.0 Å². The molecule has 0 saturated heterocycles. The molecule has 0 amide bonds. The van der Waals surface area contributed by atoms with Crippen molar-refractivity contribution < 1.29 is 17.9 Å². The smallest absolute Gasteiger partial charge is 0.243 e. The van der Waals surface area contributed by atoms with Gasteiger partial charge in [-0.05, 0) is 48.7 Å². The van der Waals surface area contributed by atoms with Crippen molar-refractivity contribution in [1.29, 1.82) is 0 Å². The van der Waals surface area contributed by atoms with Gasteiger partial charge < -0.3 is 9.52 Å². The van der Waals surface area contributed by atoms with E-state index >= 15 is 0 Å². The van der Waals surface area contributed by atoms with E-state index in [2.05, 4.69) is 0 Å². The predicted octanol–water partition coefficient (Wildman–Crippen LogP) is 2.21. The number of aliphatic hydroxyl groups is 1. The van der Waals surface area contributed by atoms with Gasteiger partial charge in [-0.2, -0.15) is 4.31 Å². The molecule has 0 atom stereocenters. The minimum absolute atomic E-state index is 0.164. The van der Waals surface area contributed by atoms with Crippen molar-refractivity contribution in [3.8, 4) is 0 Å². The maximum Gasteiger partial charge on any atom is 0.243 e. The van der Waals surface area contributed by atoms with E-state index in [1.54, 1.807) is 31.2 Å². The van der Waals surface area contributed by atoms with Crippen molar-refractivity contribution in [3.05, 3.63) is 53.0 Å². The first kappa shape index (κ1) is 15.8. The van der Waals surface area contributed by atoms with E-state index in [9.17, 15) is 13.5 Å². The summed E-state index contributed by atoms with van der Waals surface area (Å²) < 4.78 is 31.7. The average molecular weight is 309 g/mol. The predicted molar refractivity (Wildman–Crippen MR) is 79.2 cm³/mol. The van der Waals surface area contributed by atoms with E-state index in [1.165, 1.54) is 17.6 Å². The van der Waals surface area contributed by atoms with Gasteiger partial charge in [-0.25, -0.2) is 8.42 Å². The maximum absolute atomic E-state index is 12.7. The summed E-state index contributed by atoms with van der Waals surface area (Å²) in [5.74, 6) is 0.577. The molecule has 0 radical (unpaired) electrons. The Bertz CT molecular complexity index is 720. The number of hydrogen-bond donors (Lipinski definition) is 1. The normalized spacial score (nSPS) is 12.0. The number of nitrogens with zero attached hydrogens (tertiary/aromatic N) is 1. The van der Waals surface area contributed by atoms with Crippen molar-refractivity contribution in [2.75, 3.05) is 7.05 Å². The summed E-state index contributed by atoms with van der Waals surface area (Å²) in [6.07, 6.45) is 1.51. The van der Waals surface area contributed by atoms with Crippen LogP contribution in [-0.2, 0) is 23.2 Å². The lowest BCUT2D eigenvalue weighted by molar-refractivity contribution is 0.280. The Hall–Kier alpha value is -1.63. The molecule has 0 unspecified atom stereocenters. The molecule has 2 rings (SSSR count). The van der Waals surface area contributed by atoms with Crippen LogP contribution < -0.4 is 0 Å². The molecule has 1 heterocycles. The van der Waals surface area contributed by atoms with E-state index in [1.807, 2.05) is 6.92 Å². The highest BCUT2D eigenvalue weighted by Gasteiger charge is 2.24.